The molecule has 0 radical (unpaired) electrons. The van der Waals surface area contributed by atoms with Crippen molar-refractivity contribution in [2.24, 2.45) is 0 Å². The van der Waals surface area contributed by atoms with Crippen molar-refractivity contribution in [3.63, 3.8) is 0 Å². The van der Waals surface area contributed by atoms with Crippen LogP contribution in [0.15, 0.2) is 72.8 Å². The molecule has 0 aliphatic heterocycles. The summed E-state index contributed by atoms with van der Waals surface area (Å²) in [6.07, 6.45) is -4.39. The summed E-state index contributed by atoms with van der Waals surface area (Å²) in [5, 5.41) is 0. The van der Waals surface area contributed by atoms with Crippen molar-refractivity contribution in [1.29, 1.82) is 0 Å². The Bertz CT molecular complexity index is 808. The summed E-state index contributed by atoms with van der Waals surface area (Å²) in [7, 11) is 0. The molecule has 0 aromatic heterocycles. The predicted molar refractivity (Wildman–Crippen MR) is 94.1 cm³/mol. The topological polar surface area (TPSA) is 52.0 Å². The largest absolute Gasteiger partial charge is 0.416 e. The van der Waals surface area contributed by atoms with Crippen molar-refractivity contribution in [1.82, 2.24) is 0 Å². The van der Waals surface area contributed by atoms with Gasteiger partial charge in [0, 0.05) is 17.3 Å². The Kier molecular flexibility index (Phi) is 4.40. The van der Waals surface area contributed by atoms with E-state index in [1.165, 1.54) is 12.1 Å². The van der Waals surface area contributed by atoms with E-state index in [9.17, 15) is 13.2 Å². The van der Waals surface area contributed by atoms with E-state index >= 15 is 0 Å². The number of halogens is 3. The van der Waals surface area contributed by atoms with Crippen LogP contribution in [0.5, 0.6) is 0 Å². The van der Waals surface area contributed by atoms with Crippen LogP contribution in [0.2, 0.25) is 0 Å². The van der Waals surface area contributed by atoms with Crippen molar-refractivity contribution >= 4 is 11.4 Å². The number of anilines is 2. The van der Waals surface area contributed by atoms with Crippen LogP contribution in [0.3, 0.4) is 0 Å². The summed E-state index contributed by atoms with van der Waals surface area (Å²) in [6, 6.07) is 19.7. The second-order valence-electron chi connectivity index (χ2n) is 5.89. The Morgan fingerprint density at radius 3 is 1.56 bits per heavy atom. The summed E-state index contributed by atoms with van der Waals surface area (Å²) in [5.41, 5.74) is 14.3. The number of nitrogen functional groups attached to an aromatic ring is 2. The molecule has 5 heteroatoms. The van der Waals surface area contributed by atoms with Gasteiger partial charge in [0.05, 0.1) is 5.56 Å². The van der Waals surface area contributed by atoms with Gasteiger partial charge in [-0.15, -0.1) is 0 Å². The molecule has 0 heterocycles. The van der Waals surface area contributed by atoms with Crippen molar-refractivity contribution in [2.45, 2.75) is 12.1 Å². The average Bonchev–Trinajstić information content (AvgIpc) is 2.58. The molecule has 0 amide bonds. The Morgan fingerprint density at radius 2 is 1.12 bits per heavy atom. The number of nitrogens with two attached hydrogens (primary N) is 2. The van der Waals surface area contributed by atoms with Crippen LogP contribution in [0, 0.1) is 0 Å². The van der Waals surface area contributed by atoms with Gasteiger partial charge in [-0.3, -0.25) is 0 Å². The highest BCUT2D eigenvalue weighted by Gasteiger charge is 2.31. The minimum atomic E-state index is -4.39. The monoisotopic (exact) mass is 342 g/mol. The van der Waals surface area contributed by atoms with E-state index in [2.05, 4.69) is 0 Å². The van der Waals surface area contributed by atoms with E-state index in [0.29, 0.717) is 16.9 Å². The second-order valence-corrected chi connectivity index (χ2v) is 5.89. The molecule has 0 unspecified atom stereocenters. The molecule has 0 aliphatic rings. The van der Waals surface area contributed by atoms with Gasteiger partial charge in [-0.25, -0.2) is 0 Å². The lowest BCUT2D eigenvalue weighted by molar-refractivity contribution is -0.137. The first-order valence-electron chi connectivity index (χ1n) is 7.72. The van der Waals surface area contributed by atoms with E-state index < -0.39 is 11.7 Å². The van der Waals surface area contributed by atoms with Gasteiger partial charge in [0.2, 0.25) is 0 Å². The first-order valence-corrected chi connectivity index (χ1v) is 7.72. The quantitative estimate of drug-likeness (QED) is 0.517. The summed E-state index contributed by atoms with van der Waals surface area (Å²) in [6.45, 7) is 0. The second kappa shape index (κ2) is 6.51. The molecule has 2 nitrogen and oxygen atoms in total. The van der Waals surface area contributed by atoms with Gasteiger partial charge < -0.3 is 11.5 Å². The van der Waals surface area contributed by atoms with E-state index in [-0.39, 0.29) is 5.92 Å². The Labute approximate surface area is 143 Å². The fourth-order valence-electron chi connectivity index (χ4n) is 2.85. The molecule has 0 bridgehead atoms. The van der Waals surface area contributed by atoms with Gasteiger partial charge in [-0.2, -0.15) is 13.2 Å². The molecule has 0 spiro atoms. The first kappa shape index (κ1) is 16.9. The highest BCUT2D eigenvalue weighted by molar-refractivity contribution is 5.50. The average molecular weight is 342 g/mol. The van der Waals surface area contributed by atoms with Crippen molar-refractivity contribution in [3.8, 4) is 0 Å². The summed E-state index contributed by atoms with van der Waals surface area (Å²) in [5.74, 6) is -0.344. The Morgan fingerprint density at radius 1 is 0.640 bits per heavy atom. The Hall–Kier alpha value is -2.95. The van der Waals surface area contributed by atoms with Crippen molar-refractivity contribution in [2.75, 3.05) is 11.5 Å². The molecule has 0 atom stereocenters. The molecule has 0 saturated carbocycles. The fraction of sp³-hybridized carbons (Fsp3) is 0.100. The molecule has 0 fully saturated rings. The fourth-order valence-corrected chi connectivity index (χ4v) is 2.85. The van der Waals surface area contributed by atoms with Gasteiger partial charge in [-0.05, 0) is 47.0 Å². The predicted octanol–water partition coefficient (Wildman–Crippen LogP) is 5.05. The minimum Gasteiger partial charge on any atom is -0.399 e. The highest BCUT2D eigenvalue weighted by atomic mass is 19.4. The lowest BCUT2D eigenvalue weighted by atomic mass is 9.84. The van der Waals surface area contributed by atoms with Crippen molar-refractivity contribution < 1.29 is 13.2 Å². The maximum absolute atomic E-state index is 13.1. The van der Waals surface area contributed by atoms with Crippen LogP contribution >= 0.6 is 0 Å². The molecule has 3 aromatic rings. The molecule has 0 saturated heterocycles. The number of hydrogen-bond donors (Lipinski definition) is 2. The molecular formula is C20H17F3N2. The zero-order chi connectivity index (χ0) is 18.0. The number of alkyl halides is 3. The maximum Gasteiger partial charge on any atom is 0.416 e. The zero-order valence-corrected chi connectivity index (χ0v) is 13.3. The molecule has 3 aromatic carbocycles. The third kappa shape index (κ3) is 3.76. The van der Waals surface area contributed by atoms with Gasteiger partial charge in [-0.1, -0.05) is 42.5 Å². The van der Waals surface area contributed by atoms with Gasteiger partial charge in [0.15, 0.2) is 0 Å². The lowest BCUT2D eigenvalue weighted by Gasteiger charge is -2.20. The summed E-state index contributed by atoms with van der Waals surface area (Å²) < 4.78 is 39.3. The van der Waals surface area contributed by atoms with Crippen LogP contribution in [0.25, 0.3) is 0 Å². The number of rotatable bonds is 3. The first-order chi connectivity index (χ1) is 11.8. The molecule has 3 rings (SSSR count). The maximum atomic E-state index is 13.1. The van der Waals surface area contributed by atoms with E-state index in [0.717, 1.165) is 17.2 Å². The molecular weight excluding hydrogens is 325 g/mol. The third-order valence-corrected chi connectivity index (χ3v) is 4.09. The van der Waals surface area contributed by atoms with Gasteiger partial charge >= 0.3 is 6.18 Å². The standard InChI is InChI=1S/C20H17F3N2/c21-20(22,23)16-3-1-2-15(12-16)19(13-4-8-17(24)9-5-13)14-6-10-18(25)11-7-14/h1-12,19H,24-25H2. The minimum absolute atomic E-state index is 0.344. The number of benzene rings is 3. The van der Waals surface area contributed by atoms with Crippen molar-refractivity contribution in [3.05, 3.63) is 95.1 Å². The van der Waals surface area contributed by atoms with Crippen LogP contribution in [-0.2, 0) is 6.18 Å². The Balaban J connectivity index is 2.14. The van der Waals surface area contributed by atoms with Gasteiger partial charge in [0.1, 0.15) is 0 Å². The van der Waals surface area contributed by atoms with Crippen LogP contribution in [0.4, 0.5) is 24.5 Å². The van der Waals surface area contributed by atoms with E-state index in [4.69, 9.17) is 11.5 Å². The summed E-state index contributed by atoms with van der Waals surface area (Å²) >= 11 is 0. The van der Waals surface area contributed by atoms with Crippen LogP contribution < -0.4 is 11.5 Å². The molecule has 4 N–H and O–H groups in total. The van der Waals surface area contributed by atoms with Gasteiger partial charge in [0.25, 0.3) is 0 Å². The number of hydrogen-bond acceptors (Lipinski definition) is 2. The SMILES string of the molecule is Nc1ccc(C(c2ccc(N)cc2)c2cccc(C(F)(F)F)c2)cc1. The molecule has 128 valence electrons. The normalized spacial score (nSPS) is 11.7. The van der Waals surface area contributed by atoms with Crippen LogP contribution in [0.1, 0.15) is 28.2 Å². The third-order valence-electron chi connectivity index (χ3n) is 4.09. The van der Waals surface area contributed by atoms with Crippen LogP contribution in [-0.4, -0.2) is 0 Å². The van der Waals surface area contributed by atoms with E-state index in [1.807, 2.05) is 24.3 Å². The lowest BCUT2D eigenvalue weighted by Crippen LogP contribution is -2.08. The highest BCUT2D eigenvalue weighted by Crippen LogP contribution is 2.36. The zero-order valence-electron chi connectivity index (χ0n) is 13.3. The summed E-state index contributed by atoms with van der Waals surface area (Å²) in [4.78, 5) is 0. The molecule has 25 heavy (non-hydrogen) atoms. The van der Waals surface area contributed by atoms with E-state index in [1.54, 1.807) is 30.3 Å². The molecule has 0 aliphatic carbocycles. The smallest absolute Gasteiger partial charge is 0.399 e.